The van der Waals surface area contributed by atoms with Crippen LogP contribution in [0.4, 0.5) is 10.2 Å². The molecule has 0 saturated carbocycles. The van der Waals surface area contributed by atoms with Crippen molar-refractivity contribution in [3.63, 3.8) is 0 Å². The third kappa shape index (κ3) is 3.09. The van der Waals surface area contributed by atoms with E-state index < -0.39 is 5.60 Å². The highest BCUT2D eigenvalue weighted by Crippen LogP contribution is 2.29. The first-order valence-electron chi connectivity index (χ1n) is 6.22. The van der Waals surface area contributed by atoms with Crippen LogP contribution in [0, 0.1) is 5.82 Å². The fourth-order valence-corrected chi connectivity index (χ4v) is 2.15. The van der Waals surface area contributed by atoms with Crippen molar-refractivity contribution in [2.24, 2.45) is 0 Å². The summed E-state index contributed by atoms with van der Waals surface area (Å²) in [5, 5.41) is 10.7. The molecule has 0 spiro atoms. The molecule has 1 atom stereocenters. The highest BCUT2D eigenvalue weighted by atomic mass is 19.1. The number of pyridine rings is 1. The molecule has 2 aromatic rings. The molecule has 0 radical (unpaired) electrons. The lowest BCUT2D eigenvalue weighted by Gasteiger charge is -2.27. The summed E-state index contributed by atoms with van der Waals surface area (Å²) in [6, 6.07) is 9.59. The predicted octanol–water partition coefficient (Wildman–Crippen LogP) is 2.64. The van der Waals surface area contributed by atoms with Gasteiger partial charge in [-0.1, -0.05) is 19.1 Å². The van der Waals surface area contributed by atoms with E-state index in [-0.39, 0.29) is 5.82 Å². The maximum atomic E-state index is 13.3. The maximum absolute atomic E-state index is 13.3. The molecule has 4 heteroatoms. The van der Waals surface area contributed by atoms with Gasteiger partial charge in [0.15, 0.2) is 0 Å². The Kier molecular flexibility index (Phi) is 3.81. The third-order valence-corrected chi connectivity index (χ3v) is 3.29. The largest absolute Gasteiger partial charge is 0.385 e. The summed E-state index contributed by atoms with van der Waals surface area (Å²) in [4.78, 5) is 3.92. The predicted molar refractivity (Wildman–Crippen MR) is 72.9 cm³/mol. The highest BCUT2D eigenvalue weighted by molar-refractivity contribution is 5.34. The molecular formula is C15H17FN2O. The summed E-state index contributed by atoms with van der Waals surface area (Å²) < 4.78 is 13.3. The van der Waals surface area contributed by atoms with E-state index in [0.29, 0.717) is 24.2 Å². The topological polar surface area (TPSA) is 59.1 Å². The molecule has 1 unspecified atom stereocenters. The molecule has 100 valence electrons. The van der Waals surface area contributed by atoms with Crippen LogP contribution in [0.2, 0.25) is 0 Å². The number of aliphatic hydroxyl groups is 1. The SMILES string of the molecule is CCC(O)(Cc1ccnc(N)c1)c1cccc(F)c1. The van der Waals surface area contributed by atoms with Crippen LogP contribution in [-0.4, -0.2) is 10.1 Å². The monoisotopic (exact) mass is 260 g/mol. The van der Waals surface area contributed by atoms with Crippen LogP contribution in [0.15, 0.2) is 42.6 Å². The van der Waals surface area contributed by atoms with Crippen molar-refractivity contribution < 1.29 is 9.50 Å². The molecule has 0 saturated heterocycles. The molecule has 0 aliphatic heterocycles. The number of nitrogens with zero attached hydrogens (tertiary/aromatic N) is 1. The van der Waals surface area contributed by atoms with Crippen LogP contribution in [0.1, 0.15) is 24.5 Å². The lowest BCUT2D eigenvalue weighted by atomic mass is 9.85. The summed E-state index contributed by atoms with van der Waals surface area (Å²) >= 11 is 0. The van der Waals surface area contributed by atoms with Gasteiger partial charge in [0.05, 0.1) is 5.60 Å². The van der Waals surface area contributed by atoms with Crippen molar-refractivity contribution in [1.82, 2.24) is 4.98 Å². The standard InChI is InChI=1S/C15H17FN2O/c1-2-15(19,12-4-3-5-13(16)9-12)10-11-6-7-18-14(17)8-11/h3-9,19H,2,10H2,1H3,(H2,17,18). The summed E-state index contributed by atoms with van der Waals surface area (Å²) in [5.74, 6) is 0.0637. The Morgan fingerprint density at radius 2 is 2.11 bits per heavy atom. The van der Waals surface area contributed by atoms with Crippen molar-refractivity contribution in [1.29, 1.82) is 0 Å². The number of hydrogen-bond donors (Lipinski definition) is 2. The second-order valence-corrected chi connectivity index (χ2v) is 4.66. The van der Waals surface area contributed by atoms with Gasteiger partial charge in [-0.2, -0.15) is 0 Å². The second-order valence-electron chi connectivity index (χ2n) is 4.66. The average Bonchev–Trinajstić information content (AvgIpc) is 2.38. The number of anilines is 1. The van der Waals surface area contributed by atoms with E-state index in [0.717, 1.165) is 5.56 Å². The van der Waals surface area contributed by atoms with Gasteiger partial charge in [0.25, 0.3) is 0 Å². The number of nitrogen functional groups attached to an aromatic ring is 1. The number of rotatable bonds is 4. The zero-order chi connectivity index (χ0) is 13.9. The van der Waals surface area contributed by atoms with Gasteiger partial charge in [0, 0.05) is 12.6 Å². The molecule has 3 N–H and O–H groups in total. The summed E-state index contributed by atoms with van der Waals surface area (Å²) in [6.07, 6.45) is 2.46. The minimum Gasteiger partial charge on any atom is -0.385 e. The van der Waals surface area contributed by atoms with Crippen molar-refractivity contribution in [3.05, 3.63) is 59.5 Å². The molecule has 0 fully saturated rings. The zero-order valence-electron chi connectivity index (χ0n) is 10.8. The number of aromatic nitrogens is 1. The van der Waals surface area contributed by atoms with E-state index >= 15 is 0 Å². The lowest BCUT2D eigenvalue weighted by molar-refractivity contribution is 0.0324. The van der Waals surface area contributed by atoms with Crippen molar-refractivity contribution in [2.75, 3.05) is 5.73 Å². The molecular weight excluding hydrogens is 243 g/mol. The molecule has 19 heavy (non-hydrogen) atoms. The first kappa shape index (κ1) is 13.5. The van der Waals surface area contributed by atoms with E-state index in [2.05, 4.69) is 4.98 Å². The fraction of sp³-hybridized carbons (Fsp3) is 0.267. The van der Waals surface area contributed by atoms with Crippen molar-refractivity contribution >= 4 is 5.82 Å². The normalized spacial score (nSPS) is 14.1. The molecule has 1 heterocycles. The third-order valence-electron chi connectivity index (χ3n) is 3.29. The second kappa shape index (κ2) is 5.36. The van der Waals surface area contributed by atoms with Gasteiger partial charge in [-0.25, -0.2) is 9.37 Å². The summed E-state index contributed by atoms with van der Waals surface area (Å²) in [6.45, 7) is 1.87. The zero-order valence-corrected chi connectivity index (χ0v) is 10.8. The number of benzene rings is 1. The van der Waals surface area contributed by atoms with Gasteiger partial charge < -0.3 is 10.8 Å². The average molecular weight is 260 g/mol. The molecule has 3 nitrogen and oxygen atoms in total. The molecule has 1 aromatic heterocycles. The molecule has 0 bridgehead atoms. The van der Waals surface area contributed by atoms with Gasteiger partial charge in [-0.15, -0.1) is 0 Å². The fourth-order valence-electron chi connectivity index (χ4n) is 2.15. The Hall–Kier alpha value is -1.94. The summed E-state index contributed by atoms with van der Waals surface area (Å²) in [5.41, 5.74) is 5.98. The van der Waals surface area contributed by atoms with Gasteiger partial charge in [0.2, 0.25) is 0 Å². The minimum atomic E-state index is -1.10. The van der Waals surface area contributed by atoms with Crippen molar-refractivity contribution in [3.8, 4) is 0 Å². The maximum Gasteiger partial charge on any atom is 0.123 e. The minimum absolute atomic E-state index is 0.349. The van der Waals surface area contributed by atoms with E-state index in [1.807, 2.05) is 6.92 Å². The Morgan fingerprint density at radius 1 is 1.32 bits per heavy atom. The van der Waals surface area contributed by atoms with E-state index in [4.69, 9.17) is 5.73 Å². The Bertz CT molecular complexity index is 574. The smallest absolute Gasteiger partial charge is 0.123 e. The summed E-state index contributed by atoms with van der Waals surface area (Å²) in [7, 11) is 0. The number of nitrogens with two attached hydrogens (primary N) is 1. The van der Waals surface area contributed by atoms with Crippen LogP contribution in [0.25, 0.3) is 0 Å². The number of hydrogen-bond acceptors (Lipinski definition) is 3. The van der Waals surface area contributed by atoms with Gasteiger partial charge >= 0.3 is 0 Å². The molecule has 0 amide bonds. The van der Waals surface area contributed by atoms with Crippen LogP contribution >= 0.6 is 0 Å². The van der Waals surface area contributed by atoms with Crippen LogP contribution < -0.4 is 5.73 Å². The molecule has 2 rings (SSSR count). The highest BCUT2D eigenvalue weighted by Gasteiger charge is 2.28. The van der Waals surface area contributed by atoms with E-state index in [9.17, 15) is 9.50 Å². The van der Waals surface area contributed by atoms with Crippen LogP contribution in [0.5, 0.6) is 0 Å². The van der Waals surface area contributed by atoms with Crippen molar-refractivity contribution in [2.45, 2.75) is 25.4 Å². The van der Waals surface area contributed by atoms with E-state index in [1.165, 1.54) is 12.1 Å². The van der Waals surface area contributed by atoms with Gasteiger partial charge in [-0.05, 0) is 41.8 Å². The molecule has 0 aliphatic rings. The molecule has 1 aromatic carbocycles. The van der Waals surface area contributed by atoms with Crippen LogP contribution in [-0.2, 0) is 12.0 Å². The van der Waals surface area contributed by atoms with Gasteiger partial charge in [0.1, 0.15) is 11.6 Å². The van der Waals surface area contributed by atoms with Gasteiger partial charge in [-0.3, -0.25) is 0 Å². The molecule has 0 aliphatic carbocycles. The quantitative estimate of drug-likeness (QED) is 0.888. The van der Waals surface area contributed by atoms with E-state index in [1.54, 1.807) is 30.5 Å². The first-order chi connectivity index (χ1) is 9.03. The number of halogens is 1. The first-order valence-corrected chi connectivity index (χ1v) is 6.22. The Balaban J connectivity index is 2.32. The Labute approximate surface area is 111 Å². The lowest BCUT2D eigenvalue weighted by Crippen LogP contribution is -2.27. The van der Waals surface area contributed by atoms with Crippen LogP contribution in [0.3, 0.4) is 0 Å². The Morgan fingerprint density at radius 3 is 2.74 bits per heavy atom.